The maximum absolute atomic E-state index is 11.1. The molecule has 0 saturated heterocycles. The molecule has 0 heterocycles. The second-order valence-corrected chi connectivity index (χ2v) is 19.0. The number of benzene rings is 2. The lowest BCUT2D eigenvalue weighted by Crippen LogP contribution is -2.66. The number of hydrogen-bond acceptors (Lipinski definition) is 4. The number of hydrogen-bond donors (Lipinski definition) is 3. The molecule has 2 aromatic rings. The van der Waals surface area contributed by atoms with Crippen LogP contribution in [-0.4, -0.2) is 29.0 Å². The molecule has 262 valence electrons. The van der Waals surface area contributed by atoms with Gasteiger partial charge in [-0.3, -0.25) is 0 Å². The van der Waals surface area contributed by atoms with E-state index in [4.69, 9.17) is 4.74 Å². The van der Waals surface area contributed by atoms with Crippen molar-refractivity contribution < 1.29 is 14.9 Å². The van der Waals surface area contributed by atoms with Crippen molar-refractivity contribution in [3.63, 3.8) is 0 Å². The Morgan fingerprint density at radius 2 is 1.48 bits per heavy atom. The molecule has 4 fully saturated rings. The van der Waals surface area contributed by atoms with E-state index in [1.54, 1.807) is 5.57 Å². The maximum atomic E-state index is 11.1. The Bertz CT molecular complexity index is 1500. The van der Waals surface area contributed by atoms with Crippen LogP contribution in [0.4, 0.5) is 5.69 Å². The first kappa shape index (κ1) is 34.3. The second kappa shape index (κ2) is 12.0. The first-order valence-electron chi connectivity index (χ1n) is 19.2. The van der Waals surface area contributed by atoms with E-state index in [1.807, 2.05) is 6.07 Å². The average Bonchev–Trinajstić information content (AvgIpc) is 3.06. The number of allylic oxidation sites excluding steroid dienone is 2. The van der Waals surface area contributed by atoms with Crippen molar-refractivity contribution in [3.05, 3.63) is 77.4 Å². The van der Waals surface area contributed by atoms with Crippen molar-refractivity contribution in [2.75, 3.05) is 11.9 Å². The zero-order chi connectivity index (χ0) is 34.2. The zero-order valence-corrected chi connectivity index (χ0v) is 30.9. The van der Waals surface area contributed by atoms with Crippen LogP contribution in [0, 0.1) is 50.2 Å². The summed E-state index contributed by atoms with van der Waals surface area (Å²) in [6.45, 7) is 19.1. The number of anilines is 1. The van der Waals surface area contributed by atoms with Gasteiger partial charge in [-0.25, -0.2) is 0 Å². The lowest BCUT2D eigenvalue weighted by Gasteiger charge is -2.71. The van der Waals surface area contributed by atoms with Crippen molar-refractivity contribution in [2.24, 2.45) is 50.2 Å². The Labute approximate surface area is 291 Å². The van der Waals surface area contributed by atoms with Gasteiger partial charge in [0.1, 0.15) is 0 Å². The molecule has 5 aliphatic carbocycles. The summed E-state index contributed by atoms with van der Waals surface area (Å²) in [5.74, 6) is 1.48. The summed E-state index contributed by atoms with van der Waals surface area (Å²) in [7, 11) is 0. The van der Waals surface area contributed by atoms with Gasteiger partial charge in [-0.05, 0) is 120 Å². The summed E-state index contributed by atoms with van der Waals surface area (Å²) < 4.78 is 7.03. The molecular weight excluding hydrogens is 590 g/mol. The van der Waals surface area contributed by atoms with E-state index in [0.29, 0.717) is 24.4 Å². The Morgan fingerprint density at radius 3 is 2.19 bits per heavy atom. The molecule has 5 aliphatic rings. The molecule has 0 spiro atoms. The number of ether oxygens (including phenoxy) is 1. The summed E-state index contributed by atoms with van der Waals surface area (Å²) in [6, 6.07) is 19.4. The van der Waals surface area contributed by atoms with Crippen molar-refractivity contribution >= 4 is 5.69 Å². The SMILES string of the molecule is CC1(C)C[C@@H](OCc2ccc(CNc3ccccc3)cc2)[C@]2(C)CC[C@]3(C)C(=CCC4[C@@]5(C)CC[C@H](O)[C@](C)(CO)C5CC[C@]43C)[C@@H]2C1. The molecule has 4 nitrogen and oxygen atoms in total. The molecule has 7 rings (SSSR count). The topological polar surface area (TPSA) is 61.7 Å². The van der Waals surface area contributed by atoms with Crippen LogP contribution in [-0.2, 0) is 17.9 Å². The Balaban J connectivity index is 1.11. The fourth-order valence-corrected chi connectivity index (χ4v) is 12.6. The Kier molecular flexibility index (Phi) is 8.57. The molecule has 3 N–H and O–H groups in total. The van der Waals surface area contributed by atoms with Gasteiger partial charge in [0.25, 0.3) is 0 Å². The van der Waals surface area contributed by atoms with Gasteiger partial charge in [-0.15, -0.1) is 0 Å². The normalized spacial score (nSPS) is 43.2. The molecule has 2 unspecified atom stereocenters. The standard InChI is InChI=1S/C44H63NO3/c1-39(2)25-34-33-17-18-36-41(4)21-20-37(47)42(5,29-46)35(41)19-22-44(36,7)43(33,6)24-23-40(34,3)38(26-39)48-28-31-15-13-30(14-16-31)27-45-32-11-9-8-10-12-32/h8-17,34-38,45-47H,18-29H2,1-7H3/t34-,35?,36?,37-,38+,40+,41-,42+,43+,44+/m0/s1. The summed E-state index contributed by atoms with van der Waals surface area (Å²) in [5, 5.41) is 25.2. The molecule has 0 bridgehead atoms. The summed E-state index contributed by atoms with van der Waals surface area (Å²) in [4.78, 5) is 0. The van der Waals surface area contributed by atoms with Crippen LogP contribution in [0.1, 0.15) is 117 Å². The number of nitrogens with one attached hydrogen (secondary N) is 1. The first-order chi connectivity index (χ1) is 22.7. The highest BCUT2D eigenvalue weighted by Crippen LogP contribution is 2.75. The minimum atomic E-state index is -0.401. The summed E-state index contributed by atoms with van der Waals surface area (Å²) in [6.07, 6.45) is 12.7. The quantitative estimate of drug-likeness (QED) is 0.260. The highest BCUT2D eigenvalue weighted by atomic mass is 16.5. The van der Waals surface area contributed by atoms with Gasteiger partial charge >= 0.3 is 0 Å². The predicted octanol–water partition coefficient (Wildman–Crippen LogP) is 9.95. The van der Waals surface area contributed by atoms with Gasteiger partial charge in [0, 0.05) is 23.1 Å². The van der Waals surface area contributed by atoms with E-state index in [1.165, 1.54) is 36.8 Å². The average molecular weight is 654 g/mol. The molecule has 0 amide bonds. The van der Waals surface area contributed by atoms with E-state index in [2.05, 4.69) is 108 Å². The highest BCUT2D eigenvalue weighted by Gasteiger charge is 2.69. The minimum absolute atomic E-state index is 0.0860. The van der Waals surface area contributed by atoms with E-state index >= 15 is 0 Å². The molecule has 0 aliphatic heterocycles. The van der Waals surface area contributed by atoms with Gasteiger partial charge in [0.15, 0.2) is 0 Å². The molecule has 48 heavy (non-hydrogen) atoms. The molecule has 0 radical (unpaired) electrons. The number of rotatable bonds is 7. The third kappa shape index (κ3) is 5.25. The number of aliphatic hydroxyl groups is 2. The molecule has 4 saturated carbocycles. The third-order valence-electron chi connectivity index (χ3n) is 15.9. The lowest BCUT2D eigenvalue weighted by atomic mass is 9.33. The fourth-order valence-electron chi connectivity index (χ4n) is 12.6. The molecular formula is C44H63NO3. The highest BCUT2D eigenvalue weighted by molar-refractivity contribution is 5.43. The third-order valence-corrected chi connectivity index (χ3v) is 15.9. The fraction of sp³-hybridized carbons (Fsp3) is 0.682. The van der Waals surface area contributed by atoms with Crippen LogP contribution < -0.4 is 5.32 Å². The number of para-hydroxylation sites is 1. The predicted molar refractivity (Wildman–Crippen MR) is 196 cm³/mol. The summed E-state index contributed by atoms with van der Waals surface area (Å²) in [5.41, 5.74) is 5.92. The van der Waals surface area contributed by atoms with Gasteiger partial charge in [-0.1, -0.05) is 103 Å². The van der Waals surface area contributed by atoms with Gasteiger partial charge in [-0.2, -0.15) is 0 Å². The first-order valence-corrected chi connectivity index (χ1v) is 19.2. The van der Waals surface area contributed by atoms with Crippen molar-refractivity contribution in [2.45, 2.75) is 132 Å². The number of aliphatic hydroxyl groups excluding tert-OH is 2. The van der Waals surface area contributed by atoms with Crippen LogP contribution in [0.25, 0.3) is 0 Å². The maximum Gasteiger partial charge on any atom is 0.0720 e. The van der Waals surface area contributed by atoms with Crippen molar-refractivity contribution in [3.8, 4) is 0 Å². The van der Waals surface area contributed by atoms with Gasteiger partial charge in [0.2, 0.25) is 0 Å². The van der Waals surface area contributed by atoms with E-state index in [0.717, 1.165) is 44.3 Å². The molecule has 10 atom stereocenters. The van der Waals surface area contributed by atoms with Gasteiger partial charge < -0.3 is 20.3 Å². The smallest absolute Gasteiger partial charge is 0.0720 e. The van der Waals surface area contributed by atoms with Crippen LogP contribution in [0.2, 0.25) is 0 Å². The monoisotopic (exact) mass is 653 g/mol. The van der Waals surface area contributed by atoms with Crippen LogP contribution in [0.15, 0.2) is 66.2 Å². The van der Waals surface area contributed by atoms with Crippen LogP contribution in [0.5, 0.6) is 0 Å². The lowest BCUT2D eigenvalue weighted by molar-refractivity contribution is -0.220. The molecule has 0 aromatic heterocycles. The molecule has 2 aromatic carbocycles. The van der Waals surface area contributed by atoms with Crippen molar-refractivity contribution in [1.82, 2.24) is 0 Å². The van der Waals surface area contributed by atoms with Crippen LogP contribution >= 0.6 is 0 Å². The zero-order valence-electron chi connectivity index (χ0n) is 30.9. The second-order valence-electron chi connectivity index (χ2n) is 19.0. The minimum Gasteiger partial charge on any atom is -0.396 e. The van der Waals surface area contributed by atoms with E-state index in [9.17, 15) is 10.2 Å². The van der Waals surface area contributed by atoms with Gasteiger partial charge in [0.05, 0.1) is 25.4 Å². The van der Waals surface area contributed by atoms with Crippen LogP contribution in [0.3, 0.4) is 0 Å². The Morgan fingerprint density at radius 1 is 0.771 bits per heavy atom. The summed E-state index contributed by atoms with van der Waals surface area (Å²) >= 11 is 0. The Hall–Kier alpha value is -2.14. The number of fused-ring (bicyclic) bond motifs is 7. The molecule has 4 heteroatoms. The largest absolute Gasteiger partial charge is 0.396 e. The van der Waals surface area contributed by atoms with E-state index < -0.39 is 11.5 Å². The van der Waals surface area contributed by atoms with E-state index in [-0.39, 0.29) is 39.8 Å². The van der Waals surface area contributed by atoms with Crippen molar-refractivity contribution in [1.29, 1.82) is 0 Å².